The molecule has 2 heterocycles. The van der Waals surface area contributed by atoms with E-state index in [-0.39, 0.29) is 6.54 Å². The molecule has 2 rings (SSSR count). The first-order valence-corrected chi connectivity index (χ1v) is 5.91. The van der Waals surface area contributed by atoms with Crippen molar-refractivity contribution in [2.24, 2.45) is 0 Å². The highest BCUT2D eigenvalue weighted by molar-refractivity contribution is 6.21. The first kappa shape index (κ1) is 13.8. The molecule has 0 saturated carbocycles. The lowest BCUT2D eigenvalue weighted by molar-refractivity contribution is -0.0886. The Kier molecular flexibility index (Phi) is 3.95. The van der Waals surface area contributed by atoms with E-state index in [4.69, 9.17) is 21.4 Å². The lowest BCUT2D eigenvalue weighted by atomic mass is 10.1. The van der Waals surface area contributed by atoms with Crippen LogP contribution < -0.4 is 5.32 Å². The van der Waals surface area contributed by atoms with Gasteiger partial charge in [-0.3, -0.25) is 4.90 Å². The van der Waals surface area contributed by atoms with Crippen molar-refractivity contribution in [2.75, 3.05) is 13.2 Å². The largest absolute Gasteiger partial charge is 0.394 e. The second kappa shape index (κ2) is 5.16. The van der Waals surface area contributed by atoms with Crippen LogP contribution in [0.3, 0.4) is 0 Å². The summed E-state index contributed by atoms with van der Waals surface area (Å²) in [5, 5.41) is 39.1. The van der Waals surface area contributed by atoms with E-state index in [2.05, 4.69) is 5.32 Å². The normalized spacial score (nSPS) is 45.2. The van der Waals surface area contributed by atoms with E-state index in [0.29, 0.717) is 0 Å². The third kappa shape index (κ3) is 2.27. The number of aliphatic hydroxyl groups excluding tert-OH is 4. The zero-order valence-electron chi connectivity index (χ0n) is 9.31. The molecule has 0 aliphatic carbocycles. The van der Waals surface area contributed by atoms with Crippen LogP contribution in [-0.2, 0) is 4.74 Å². The summed E-state index contributed by atoms with van der Waals surface area (Å²) in [4.78, 5) is 12.7. The number of amides is 2. The number of rotatable bonds is 2. The molecule has 5 N–H and O–H groups in total. The standard InChI is InChI=1S/C9H15ClN2O6/c10-3-1-12(9(17)11-7(3)16)8-6(15)5(14)4(2-13)18-8/h3-8,13-16H,1-2H2,(H,11,17)/t3?,4-,5-,6-,7?,8-/m1/s1. The molecule has 8 nitrogen and oxygen atoms in total. The fraction of sp³-hybridized carbons (Fsp3) is 0.889. The van der Waals surface area contributed by atoms with Crippen molar-refractivity contribution >= 4 is 17.6 Å². The molecule has 2 aliphatic heterocycles. The quantitative estimate of drug-likeness (QED) is 0.353. The Hall–Kier alpha value is -0.640. The topological polar surface area (TPSA) is 122 Å². The van der Waals surface area contributed by atoms with E-state index in [1.54, 1.807) is 0 Å². The highest BCUT2D eigenvalue weighted by Crippen LogP contribution is 2.26. The average molecular weight is 283 g/mol. The number of hydrogen-bond acceptors (Lipinski definition) is 6. The van der Waals surface area contributed by atoms with Gasteiger partial charge in [0.25, 0.3) is 0 Å². The van der Waals surface area contributed by atoms with E-state index >= 15 is 0 Å². The van der Waals surface area contributed by atoms with Crippen LogP contribution >= 0.6 is 11.6 Å². The molecule has 0 aromatic rings. The molecule has 104 valence electrons. The number of urea groups is 1. The van der Waals surface area contributed by atoms with Gasteiger partial charge in [0.2, 0.25) is 0 Å². The summed E-state index contributed by atoms with van der Waals surface area (Å²) in [6.07, 6.45) is -5.86. The number of carbonyl (C=O) groups excluding carboxylic acids is 1. The molecule has 2 fully saturated rings. The van der Waals surface area contributed by atoms with Crippen LogP contribution in [0.5, 0.6) is 0 Å². The van der Waals surface area contributed by atoms with Crippen LogP contribution in [0.2, 0.25) is 0 Å². The summed E-state index contributed by atoms with van der Waals surface area (Å²) >= 11 is 5.80. The van der Waals surface area contributed by atoms with Crippen molar-refractivity contribution < 1.29 is 30.0 Å². The second-order valence-corrected chi connectivity index (χ2v) is 4.85. The third-order valence-electron chi connectivity index (χ3n) is 3.07. The number of aliphatic hydroxyl groups is 4. The number of carbonyl (C=O) groups is 1. The molecule has 6 atom stereocenters. The van der Waals surface area contributed by atoms with Crippen LogP contribution in [0.1, 0.15) is 0 Å². The second-order valence-electron chi connectivity index (χ2n) is 4.29. The van der Waals surface area contributed by atoms with E-state index in [9.17, 15) is 20.1 Å². The van der Waals surface area contributed by atoms with Gasteiger partial charge in [-0.05, 0) is 0 Å². The summed E-state index contributed by atoms with van der Waals surface area (Å²) in [6.45, 7) is -0.516. The van der Waals surface area contributed by atoms with Gasteiger partial charge in [-0.25, -0.2) is 4.79 Å². The lowest BCUT2D eigenvalue weighted by Crippen LogP contribution is -2.62. The predicted octanol–water partition coefficient (Wildman–Crippen LogP) is -2.62. The Morgan fingerprint density at radius 1 is 1.39 bits per heavy atom. The minimum absolute atomic E-state index is 0.0405. The monoisotopic (exact) mass is 282 g/mol. The van der Waals surface area contributed by atoms with Gasteiger partial charge in [0.05, 0.1) is 12.0 Å². The van der Waals surface area contributed by atoms with Gasteiger partial charge >= 0.3 is 6.03 Å². The fourth-order valence-corrected chi connectivity index (χ4v) is 2.24. The van der Waals surface area contributed by atoms with Crippen molar-refractivity contribution in [1.29, 1.82) is 0 Å². The van der Waals surface area contributed by atoms with Gasteiger partial charge in [-0.1, -0.05) is 0 Å². The van der Waals surface area contributed by atoms with E-state index in [1.807, 2.05) is 0 Å². The molecule has 0 radical (unpaired) electrons. The molecule has 0 aromatic carbocycles. The van der Waals surface area contributed by atoms with Crippen molar-refractivity contribution in [1.82, 2.24) is 10.2 Å². The molecule has 0 spiro atoms. The number of hydrogen-bond donors (Lipinski definition) is 5. The highest BCUT2D eigenvalue weighted by Gasteiger charge is 2.48. The van der Waals surface area contributed by atoms with Crippen LogP contribution in [0.15, 0.2) is 0 Å². The maximum Gasteiger partial charge on any atom is 0.321 e. The number of nitrogens with one attached hydrogen (secondary N) is 1. The minimum Gasteiger partial charge on any atom is -0.394 e. The Morgan fingerprint density at radius 2 is 2.06 bits per heavy atom. The molecule has 0 bridgehead atoms. The average Bonchev–Trinajstić information content (AvgIpc) is 2.61. The molecular formula is C9H15ClN2O6. The molecule has 2 saturated heterocycles. The van der Waals surface area contributed by atoms with Gasteiger partial charge < -0.3 is 30.5 Å². The summed E-state index contributed by atoms with van der Waals surface area (Å²) in [5.41, 5.74) is 0. The van der Waals surface area contributed by atoms with Crippen LogP contribution in [0.4, 0.5) is 4.79 Å². The highest BCUT2D eigenvalue weighted by atomic mass is 35.5. The van der Waals surface area contributed by atoms with Gasteiger partial charge in [-0.2, -0.15) is 0 Å². The third-order valence-corrected chi connectivity index (χ3v) is 3.45. The van der Waals surface area contributed by atoms with Crippen LogP contribution in [0.25, 0.3) is 0 Å². The Bertz CT molecular complexity index is 332. The zero-order valence-corrected chi connectivity index (χ0v) is 10.1. The van der Waals surface area contributed by atoms with E-state index in [1.165, 1.54) is 0 Å². The number of alkyl halides is 1. The first-order chi connectivity index (χ1) is 8.45. The SMILES string of the molecule is O=C1NC(O)C(Cl)CN1[C@@H]1O[C@H](CO)[C@@H](O)[C@H]1O. The van der Waals surface area contributed by atoms with Crippen LogP contribution in [0, 0.1) is 0 Å². The van der Waals surface area contributed by atoms with Gasteiger partial charge in [0.1, 0.15) is 24.5 Å². The van der Waals surface area contributed by atoms with E-state index in [0.717, 1.165) is 4.90 Å². The first-order valence-electron chi connectivity index (χ1n) is 5.47. The molecular weight excluding hydrogens is 268 g/mol. The van der Waals surface area contributed by atoms with Gasteiger partial charge in [0.15, 0.2) is 6.23 Å². The maximum absolute atomic E-state index is 11.6. The fourth-order valence-electron chi connectivity index (χ4n) is 2.03. The van der Waals surface area contributed by atoms with Gasteiger partial charge in [-0.15, -0.1) is 11.6 Å². The number of ether oxygens (including phenoxy) is 1. The molecule has 2 unspecified atom stereocenters. The molecule has 0 aromatic heterocycles. The Labute approximate surface area is 108 Å². The number of nitrogens with zero attached hydrogens (tertiary/aromatic N) is 1. The Morgan fingerprint density at radius 3 is 2.61 bits per heavy atom. The maximum atomic E-state index is 11.6. The molecule has 2 amide bonds. The lowest BCUT2D eigenvalue weighted by Gasteiger charge is -2.37. The molecule has 2 aliphatic rings. The zero-order chi connectivity index (χ0) is 13.4. The Balaban J connectivity index is 2.10. The molecule has 18 heavy (non-hydrogen) atoms. The number of halogens is 1. The smallest absolute Gasteiger partial charge is 0.321 e. The van der Waals surface area contributed by atoms with Crippen molar-refractivity contribution in [3.05, 3.63) is 0 Å². The minimum atomic E-state index is -1.34. The predicted molar refractivity (Wildman–Crippen MR) is 58.6 cm³/mol. The summed E-state index contributed by atoms with van der Waals surface area (Å²) in [7, 11) is 0. The summed E-state index contributed by atoms with van der Waals surface area (Å²) < 4.78 is 5.20. The van der Waals surface area contributed by atoms with Gasteiger partial charge in [0, 0.05) is 6.54 Å². The van der Waals surface area contributed by atoms with Crippen molar-refractivity contribution in [2.45, 2.75) is 36.1 Å². The summed E-state index contributed by atoms with van der Waals surface area (Å²) in [5.74, 6) is 0. The van der Waals surface area contributed by atoms with Crippen LogP contribution in [-0.4, -0.2) is 80.7 Å². The molecule has 9 heteroatoms. The van der Waals surface area contributed by atoms with E-state index < -0.39 is 48.8 Å². The van der Waals surface area contributed by atoms with Crippen molar-refractivity contribution in [3.8, 4) is 0 Å². The summed E-state index contributed by atoms with van der Waals surface area (Å²) in [6, 6.07) is -0.658. The van der Waals surface area contributed by atoms with Crippen molar-refractivity contribution in [3.63, 3.8) is 0 Å².